The molecule has 1 fully saturated rings. The maximum Gasteiger partial charge on any atom is 0.301 e. The van der Waals surface area contributed by atoms with Crippen LogP contribution in [0.2, 0.25) is 5.02 Å². The summed E-state index contributed by atoms with van der Waals surface area (Å²) in [7, 11) is 1.53. The largest absolute Gasteiger partial charge is 0.507 e. The number of rotatable bonds is 10. The van der Waals surface area contributed by atoms with E-state index < -0.39 is 17.7 Å². The van der Waals surface area contributed by atoms with Gasteiger partial charge < -0.3 is 19.3 Å². The molecular formula is C31H29ClN2O6S. The first kappa shape index (κ1) is 28.4. The molecule has 212 valence electrons. The number of benzene rings is 3. The van der Waals surface area contributed by atoms with Gasteiger partial charge in [-0.05, 0) is 61.4 Å². The SMILES string of the molecule is CCCCOc1ccc(C2/C(=C(\O)c3cccc(OCC)c3)C(=O)C(=O)N2c2nc3ccc(Cl)cc3s2)cc1OC. The Balaban J connectivity index is 1.68. The zero-order valence-electron chi connectivity index (χ0n) is 22.8. The number of fused-ring (bicyclic) bond motifs is 1. The van der Waals surface area contributed by atoms with Crippen molar-refractivity contribution in [3.8, 4) is 17.2 Å². The number of carbonyl (C=O) groups excluding carboxylic acids is 2. The molecule has 1 unspecified atom stereocenters. The van der Waals surface area contributed by atoms with Gasteiger partial charge in [-0.25, -0.2) is 4.98 Å². The van der Waals surface area contributed by atoms with Crippen LogP contribution in [0.3, 0.4) is 0 Å². The molecule has 1 N–H and O–H groups in total. The van der Waals surface area contributed by atoms with Gasteiger partial charge in [-0.15, -0.1) is 0 Å². The maximum atomic E-state index is 13.6. The molecule has 0 saturated carbocycles. The minimum atomic E-state index is -0.986. The number of hydrogen-bond donors (Lipinski definition) is 1. The van der Waals surface area contributed by atoms with Crippen molar-refractivity contribution in [3.63, 3.8) is 0 Å². The molecule has 1 amide bonds. The van der Waals surface area contributed by atoms with Gasteiger partial charge in [0.25, 0.3) is 5.78 Å². The third-order valence-electron chi connectivity index (χ3n) is 6.67. The molecule has 0 aliphatic carbocycles. The third-order valence-corrected chi connectivity index (χ3v) is 7.92. The first-order chi connectivity index (χ1) is 19.9. The lowest BCUT2D eigenvalue weighted by atomic mass is 9.95. The molecule has 8 nitrogen and oxygen atoms in total. The molecule has 2 heterocycles. The van der Waals surface area contributed by atoms with Gasteiger partial charge in [-0.3, -0.25) is 14.5 Å². The Morgan fingerprint density at radius 3 is 2.63 bits per heavy atom. The number of anilines is 1. The molecule has 5 rings (SSSR count). The lowest BCUT2D eigenvalue weighted by Gasteiger charge is -2.24. The van der Waals surface area contributed by atoms with Gasteiger partial charge in [-0.1, -0.05) is 54.5 Å². The summed E-state index contributed by atoms with van der Waals surface area (Å²) in [5.74, 6) is -0.428. The second-order valence-corrected chi connectivity index (χ2v) is 10.8. The van der Waals surface area contributed by atoms with Gasteiger partial charge in [0.2, 0.25) is 0 Å². The van der Waals surface area contributed by atoms with E-state index in [-0.39, 0.29) is 11.3 Å². The number of aliphatic hydroxyl groups is 1. The van der Waals surface area contributed by atoms with Crippen molar-refractivity contribution in [2.75, 3.05) is 25.2 Å². The van der Waals surface area contributed by atoms with E-state index in [1.165, 1.54) is 23.3 Å². The van der Waals surface area contributed by atoms with Gasteiger partial charge in [0.05, 0.1) is 42.2 Å². The van der Waals surface area contributed by atoms with E-state index in [1.54, 1.807) is 60.7 Å². The summed E-state index contributed by atoms with van der Waals surface area (Å²) in [6.45, 7) is 4.89. The number of hydrogen-bond acceptors (Lipinski definition) is 8. The van der Waals surface area contributed by atoms with Crippen LogP contribution >= 0.6 is 22.9 Å². The predicted octanol–water partition coefficient (Wildman–Crippen LogP) is 7.16. The predicted molar refractivity (Wildman–Crippen MR) is 160 cm³/mol. The Bertz CT molecular complexity index is 1650. The van der Waals surface area contributed by atoms with Crippen LogP contribution in [0.1, 0.15) is 43.9 Å². The standard InChI is InChI=1S/C31H29ClN2O6S/c1-4-6-14-40-23-13-10-18(16-24(23)38-3)27-26(28(35)19-8-7-9-21(15-19)39-5-2)29(36)30(37)34(27)31-33-22-12-11-20(32)17-25(22)41-31/h7-13,15-17,27,35H,4-6,14H2,1-3H3/b28-26+. The van der Waals surface area contributed by atoms with E-state index in [0.717, 1.165) is 17.5 Å². The molecule has 3 aromatic carbocycles. The Hall–Kier alpha value is -4.08. The van der Waals surface area contributed by atoms with Crippen LogP contribution in [0.25, 0.3) is 16.0 Å². The molecule has 41 heavy (non-hydrogen) atoms. The molecule has 10 heteroatoms. The quantitative estimate of drug-likeness (QED) is 0.0902. The highest BCUT2D eigenvalue weighted by Crippen LogP contribution is 2.46. The number of Topliss-reactive ketones (excluding diaryl/α,β-unsaturated/α-hetero) is 1. The molecule has 0 radical (unpaired) electrons. The molecule has 1 atom stereocenters. The summed E-state index contributed by atoms with van der Waals surface area (Å²) in [4.78, 5) is 33.2. The monoisotopic (exact) mass is 592 g/mol. The van der Waals surface area contributed by atoms with E-state index in [2.05, 4.69) is 11.9 Å². The van der Waals surface area contributed by atoms with Crippen molar-refractivity contribution < 1.29 is 28.9 Å². The zero-order chi connectivity index (χ0) is 29.1. The summed E-state index contributed by atoms with van der Waals surface area (Å²) < 4.78 is 17.9. The fraction of sp³-hybridized carbons (Fsp3) is 0.258. The number of unbranched alkanes of at least 4 members (excludes halogenated alkanes) is 1. The van der Waals surface area contributed by atoms with Gasteiger partial charge >= 0.3 is 5.91 Å². The van der Waals surface area contributed by atoms with Crippen LogP contribution in [0, 0.1) is 0 Å². The molecule has 1 aliphatic rings. The molecular weight excluding hydrogens is 564 g/mol. The fourth-order valence-corrected chi connectivity index (χ4v) is 5.96. The van der Waals surface area contributed by atoms with Crippen molar-refractivity contribution in [2.45, 2.75) is 32.7 Å². The number of nitrogens with zero attached hydrogens (tertiary/aromatic N) is 2. The maximum absolute atomic E-state index is 13.6. The van der Waals surface area contributed by atoms with Gasteiger partial charge in [-0.2, -0.15) is 0 Å². The topological polar surface area (TPSA) is 98.2 Å². The Labute approximate surface area is 246 Å². The highest BCUT2D eigenvalue weighted by molar-refractivity contribution is 7.22. The first-order valence-corrected chi connectivity index (χ1v) is 14.5. The number of carbonyl (C=O) groups is 2. The minimum Gasteiger partial charge on any atom is -0.507 e. The van der Waals surface area contributed by atoms with E-state index >= 15 is 0 Å². The summed E-state index contributed by atoms with van der Waals surface area (Å²) in [6.07, 6.45) is 1.86. The number of aromatic nitrogens is 1. The number of aliphatic hydroxyl groups excluding tert-OH is 1. The van der Waals surface area contributed by atoms with E-state index in [0.29, 0.717) is 57.3 Å². The summed E-state index contributed by atoms with van der Waals surface area (Å²) in [5.41, 5.74) is 1.46. The molecule has 4 aromatic rings. The first-order valence-electron chi connectivity index (χ1n) is 13.3. The second-order valence-electron chi connectivity index (χ2n) is 9.35. The van der Waals surface area contributed by atoms with E-state index in [1.807, 2.05) is 6.92 Å². The Morgan fingerprint density at radius 2 is 1.88 bits per heavy atom. The summed E-state index contributed by atoms with van der Waals surface area (Å²) >= 11 is 7.43. The van der Waals surface area contributed by atoms with Crippen molar-refractivity contribution in [2.24, 2.45) is 0 Å². The molecule has 1 aliphatic heterocycles. The van der Waals surface area contributed by atoms with Crippen molar-refractivity contribution >= 4 is 55.7 Å². The number of ether oxygens (including phenoxy) is 3. The van der Waals surface area contributed by atoms with Crippen LogP contribution in [-0.4, -0.2) is 42.1 Å². The number of thiazole rings is 1. The second kappa shape index (κ2) is 12.2. The zero-order valence-corrected chi connectivity index (χ0v) is 24.4. The normalized spacial score (nSPS) is 16.4. The molecule has 0 spiro atoms. The van der Waals surface area contributed by atoms with Gasteiger partial charge in [0.15, 0.2) is 16.6 Å². The van der Waals surface area contributed by atoms with Crippen molar-refractivity contribution in [1.29, 1.82) is 0 Å². The number of amides is 1. The summed E-state index contributed by atoms with van der Waals surface area (Å²) in [5, 5.41) is 12.4. The number of ketones is 1. The van der Waals surface area contributed by atoms with Crippen LogP contribution in [-0.2, 0) is 9.59 Å². The van der Waals surface area contributed by atoms with Crippen LogP contribution in [0.4, 0.5) is 5.13 Å². The Morgan fingerprint density at radius 1 is 1.05 bits per heavy atom. The fourth-order valence-electron chi connectivity index (χ4n) is 4.69. The highest BCUT2D eigenvalue weighted by Gasteiger charge is 2.48. The lowest BCUT2D eigenvalue weighted by Crippen LogP contribution is -2.29. The average Bonchev–Trinajstić information content (AvgIpc) is 3.50. The summed E-state index contributed by atoms with van der Waals surface area (Å²) in [6, 6.07) is 16.2. The van der Waals surface area contributed by atoms with Crippen LogP contribution < -0.4 is 19.1 Å². The van der Waals surface area contributed by atoms with Gasteiger partial charge in [0, 0.05) is 10.6 Å². The van der Waals surface area contributed by atoms with Gasteiger partial charge in [0.1, 0.15) is 11.5 Å². The van der Waals surface area contributed by atoms with Crippen molar-refractivity contribution in [1.82, 2.24) is 4.98 Å². The smallest absolute Gasteiger partial charge is 0.301 e. The lowest BCUT2D eigenvalue weighted by molar-refractivity contribution is -0.132. The number of methoxy groups -OCH3 is 1. The third kappa shape index (κ3) is 5.60. The van der Waals surface area contributed by atoms with Crippen molar-refractivity contribution in [3.05, 3.63) is 82.4 Å². The van der Waals surface area contributed by atoms with Crippen LogP contribution in [0.15, 0.2) is 66.2 Å². The molecule has 0 bridgehead atoms. The highest BCUT2D eigenvalue weighted by atomic mass is 35.5. The average molecular weight is 593 g/mol. The number of halogens is 1. The van der Waals surface area contributed by atoms with Crippen LogP contribution in [0.5, 0.6) is 17.2 Å². The minimum absolute atomic E-state index is 0.0670. The Kier molecular flexibility index (Phi) is 8.46. The van der Waals surface area contributed by atoms with E-state index in [4.69, 9.17) is 25.8 Å². The molecule has 1 saturated heterocycles. The molecule has 1 aromatic heterocycles. The van der Waals surface area contributed by atoms with E-state index in [9.17, 15) is 14.7 Å².